The molecule has 0 aliphatic carbocycles. The maximum absolute atomic E-state index is 12.2. The Morgan fingerprint density at radius 2 is 1.78 bits per heavy atom. The number of fused-ring (bicyclic) bond motifs is 1. The Hall–Kier alpha value is -3.47. The number of aryl methyl sites for hydroxylation is 1. The van der Waals surface area contributed by atoms with E-state index in [0.717, 1.165) is 27.5 Å². The molecule has 0 amide bonds. The Balaban J connectivity index is 1.40. The molecule has 5 nitrogen and oxygen atoms in total. The Morgan fingerprint density at radius 3 is 2.63 bits per heavy atom. The summed E-state index contributed by atoms with van der Waals surface area (Å²) in [5, 5.41) is 6.09. The van der Waals surface area contributed by atoms with Crippen LogP contribution >= 0.6 is 0 Å². The molecule has 4 aromatic rings. The van der Waals surface area contributed by atoms with Gasteiger partial charge in [-0.3, -0.25) is 4.79 Å². The van der Waals surface area contributed by atoms with Gasteiger partial charge in [0.05, 0.1) is 6.42 Å². The van der Waals surface area contributed by atoms with Crippen molar-refractivity contribution in [2.75, 3.05) is 0 Å². The van der Waals surface area contributed by atoms with Crippen LogP contribution < -0.4 is 0 Å². The predicted octanol–water partition coefficient (Wildman–Crippen LogP) is 4.48. The van der Waals surface area contributed by atoms with E-state index in [-0.39, 0.29) is 24.9 Å². The molecule has 5 heteroatoms. The van der Waals surface area contributed by atoms with E-state index >= 15 is 0 Å². The Morgan fingerprint density at radius 1 is 1.00 bits per heavy atom. The van der Waals surface area contributed by atoms with E-state index in [1.807, 2.05) is 73.7 Å². The number of esters is 1. The molecule has 0 saturated carbocycles. The van der Waals surface area contributed by atoms with Crippen LogP contribution in [0.5, 0.6) is 0 Å². The molecule has 0 spiro atoms. The topological polar surface area (TPSA) is 65.2 Å². The molecule has 0 fully saturated rings. The summed E-state index contributed by atoms with van der Waals surface area (Å²) in [7, 11) is 0. The largest absolute Gasteiger partial charge is 0.455 e. The number of hydrogen-bond donors (Lipinski definition) is 0. The Kier molecular flexibility index (Phi) is 4.66. The molecule has 0 aliphatic rings. The molecule has 0 unspecified atom stereocenters. The molecule has 4 rings (SSSR count). The summed E-state index contributed by atoms with van der Waals surface area (Å²) < 4.78 is 10.5. The number of nitrogens with zero attached hydrogens (tertiary/aromatic N) is 2. The molecule has 0 saturated heterocycles. The zero-order valence-electron chi connectivity index (χ0n) is 14.9. The highest BCUT2D eigenvalue weighted by molar-refractivity contribution is 5.88. The van der Waals surface area contributed by atoms with E-state index in [2.05, 4.69) is 10.1 Å². The van der Waals surface area contributed by atoms with E-state index in [0.29, 0.717) is 5.82 Å². The number of hydrogen-bond acceptors (Lipinski definition) is 5. The van der Waals surface area contributed by atoms with E-state index < -0.39 is 0 Å². The molecular weight excluding hydrogens is 340 g/mol. The van der Waals surface area contributed by atoms with Crippen LogP contribution in [0.1, 0.15) is 17.0 Å². The fourth-order valence-corrected chi connectivity index (χ4v) is 2.93. The van der Waals surface area contributed by atoms with Gasteiger partial charge in [-0.05, 0) is 23.3 Å². The van der Waals surface area contributed by atoms with Crippen molar-refractivity contribution in [3.63, 3.8) is 0 Å². The van der Waals surface area contributed by atoms with Crippen molar-refractivity contribution in [2.45, 2.75) is 20.0 Å². The van der Waals surface area contributed by atoms with Gasteiger partial charge in [0.2, 0.25) is 5.82 Å². The summed E-state index contributed by atoms with van der Waals surface area (Å²) in [6.45, 7) is 1.98. The molecule has 1 aromatic heterocycles. The second-order valence-corrected chi connectivity index (χ2v) is 6.35. The summed E-state index contributed by atoms with van der Waals surface area (Å²) in [6.07, 6.45) is 0.195. The molecule has 3 aromatic carbocycles. The van der Waals surface area contributed by atoms with Gasteiger partial charge < -0.3 is 9.26 Å². The third kappa shape index (κ3) is 3.87. The minimum Gasteiger partial charge on any atom is -0.455 e. The highest BCUT2D eigenvalue weighted by Gasteiger charge is 2.12. The van der Waals surface area contributed by atoms with E-state index in [4.69, 9.17) is 9.26 Å². The monoisotopic (exact) mass is 358 g/mol. The summed E-state index contributed by atoms with van der Waals surface area (Å²) in [5.74, 6) is 0.424. The minimum atomic E-state index is -0.332. The Labute approximate surface area is 156 Å². The predicted molar refractivity (Wildman–Crippen MR) is 102 cm³/mol. The van der Waals surface area contributed by atoms with Gasteiger partial charge in [0, 0.05) is 5.56 Å². The molecule has 0 atom stereocenters. The van der Waals surface area contributed by atoms with Crippen molar-refractivity contribution in [3.05, 3.63) is 83.7 Å². The van der Waals surface area contributed by atoms with Gasteiger partial charge in [-0.2, -0.15) is 4.98 Å². The highest BCUT2D eigenvalue weighted by atomic mass is 16.6. The van der Waals surface area contributed by atoms with Crippen LogP contribution in [-0.2, 0) is 22.6 Å². The average molecular weight is 358 g/mol. The molecule has 0 radical (unpaired) electrons. The van der Waals surface area contributed by atoms with Crippen LogP contribution in [0.4, 0.5) is 0 Å². The van der Waals surface area contributed by atoms with Crippen LogP contribution in [0.2, 0.25) is 0 Å². The first-order valence-electron chi connectivity index (χ1n) is 8.71. The first-order valence-corrected chi connectivity index (χ1v) is 8.71. The quantitative estimate of drug-likeness (QED) is 0.492. The summed E-state index contributed by atoms with van der Waals surface area (Å²) in [4.78, 5) is 16.5. The number of carbonyl (C=O) groups excluding carboxylic acids is 1. The van der Waals surface area contributed by atoms with Gasteiger partial charge in [-0.25, -0.2) is 0 Å². The highest BCUT2D eigenvalue weighted by Crippen LogP contribution is 2.20. The van der Waals surface area contributed by atoms with E-state index in [1.54, 1.807) is 0 Å². The SMILES string of the molecule is Cc1ccc(-c2noc(COC(=O)Cc3cccc4ccccc34)n2)cc1. The third-order valence-electron chi connectivity index (χ3n) is 4.35. The van der Waals surface area contributed by atoms with Crippen LogP contribution in [0.3, 0.4) is 0 Å². The molecule has 27 heavy (non-hydrogen) atoms. The second kappa shape index (κ2) is 7.41. The van der Waals surface area contributed by atoms with E-state index in [9.17, 15) is 4.79 Å². The second-order valence-electron chi connectivity index (χ2n) is 6.35. The van der Waals surface area contributed by atoms with Crippen LogP contribution in [0.25, 0.3) is 22.2 Å². The molecule has 0 bridgehead atoms. The van der Waals surface area contributed by atoms with Crippen molar-refractivity contribution in [1.82, 2.24) is 10.1 Å². The van der Waals surface area contributed by atoms with Gasteiger partial charge in [-0.15, -0.1) is 0 Å². The minimum absolute atomic E-state index is 0.0392. The summed E-state index contributed by atoms with van der Waals surface area (Å²) >= 11 is 0. The molecule has 0 N–H and O–H groups in total. The lowest BCUT2D eigenvalue weighted by Gasteiger charge is -2.06. The standard InChI is InChI=1S/C22H18N2O3/c1-15-9-11-17(12-10-15)22-23-20(27-24-22)14-26-21(25)13-18-7-4-6-16-5-2-3-8-19(16)18/h2-12H,13-14H2,1H3. The van der Waals surface area contributed by atoms with Crippen LogP contribution in [0.15, 0.2) is 71.3 Å². The summed E-state index contributed by atoms with van der Waals surface area (Å²) in [6, 6.07) is 21.7. The number of ether oxygens (including phenoxy) is 1. The molecule has 134 valence electrons. The first kappa shape index (κ1) is 17.0. The lowest BCUT2D eigenvalue weighted by Crippen LogP contribution is -2.08. The van der Waals surface area contributed by atoms with Gasteiger partial charge in [0.15, 0.2) is 6.61 Å². The maximum Gasteiger partial charge on any atom is 0.310 e. The van der Waals surface area contributed by atoms with E-state index in [1.165, 1.54) is 0 Å². The van der Waals surface area contributed by atoms with Crippen LogP contribution in [0, 0.1) is 6.92 Å². The van der Waals surface area contributed by atoms with Gasteiger partial charge in [-0.1, -0.05) is 77.5 Å². The number of aromatic nitrogens is 2. The molecular formula is C22H18N2O3. The summed E-state index contributed by atoms with van der Waals surface area (Å²) in [5.41, 5.74) is 2.95. The number of rotatable bonds is 5. The van der Waals surface area contributed by atoms with Crippen LogP contribution in [-0.4, -0.2) is 16.1 Å². The third-order valence-corrected chi connectivity index (χ3v) is 4.35. The zero-order valence-corrected chi connectivity index (χ0v) is 14.9. The van der Waals surface area contributed by atoms with Gasteiger partial charge >= 0.3 is 5.97 Å². The smallest absolute Gasteiger partial charge is 0.310 e. The maximum atomic E-state index is 12.2. The fourth-order valence-electron chi connectivity index (χ4n) is 2.93. The van der Waals surface area contributed by atoms with Crippen molar-refractivity contribution in [2.24, 2.45) is 0 Å². The van der Waals surface area contributed by atoms with Crippen molar-refractivity contribution >= 4 is 16.7 Å². The average Bonchev–Trinajstić information content (AvgIpc) is 3.16. The lowest BCUT2D eigenvalue weighted by atomic mass is 10.0. The fraction of sp³-hybridized carbons (Fsp3) is 0.136. The molecule has 0 aliphatic heterocycles. The Bertz CT molecular complexity index is 1080. The number of benzene rings is 3. The normalized spacial score (nSPS) is 10.9. The van der Waals surface area contributed by atoms with Gasteiger partial charge in [0.1, 0.15) is 0 Å². The first-order chi connectivity index (χ1) is 13.2. The number of carbonyl (C=O) groups is 1. The van der Waals surface area contributed by atoms with Crippen molar-refractivity contribution < 1.29 is 14.1 Å². The van der Waals surface area contributed by atoms with Gasteiger partial charge in [0.25, 0.3) is 5.89 Å². The van der Waals surface area contributed by atoms with Crippen molar-refractivity contribution in [1.29, 1.82) is 0 Å². The zero-order chi connectivity index (χ0) is 18.6. The molecule has 1 heterocycles. The van der Waals surface area contributed by atoms with Crippen molar-refractivity contribution in [3.8, 4) is 11.4 Å². The lowest BCUT2D eigenvalue weighted by molar-refractivity contribution is -0.144.